The van der Waals surface area contributed by atoms with Crippen LogP contribution in [-0.2, 0) is 9.59 Å². The second-order valence-corrected chi connectivity index (χ2v) is 6.46. The van der Waals surface area contributed by atoms with Gasteiger partial charge in [0.1, 0.15) is 0 Å². The Bertz CT molecular complexity index is 722. The van der Waals surface area contributed by atoms with Gasteiger partial charge in [-0.3, -0.25) is 14.5 Å². The number of aryl methyl sites for hydroxylation is 2. The molecule has 0 unspecified atom stereocenters. The average Bonchev–Trinajstić information content (AvgIpc) is 3.09. The average molecular weight is 331 g/mol. The van der Waals surface area contributed by atoms with Gasteiger partial charge >= 0.3 is 0 Å². The van der Waals surface area contributed by atoms with Crippen molar-refractivity contribution in [2.45, 2.75) is 31.8 Å². The summed E-state index contributed by atoms with van der Waals surface area (Å²) in [6.45, 7) is 4.42. The Morgan fingerprint density at radius 2 is 1.78 bits per heavy atom. The van der Waals surface area contributed by atoms with Gasteiger partial charge in [0, 0.05) is 25.1 Å². The topological polar surface area (TPSA) is 81.0 Å². The molecule has 1 aromatic carbocycles. The summed E-state index contributed by atoms with van der Waals surface area (Å²) < 4.78 is 1.71. The van der Waals surface area contributed by atoms with Crippen LogP contribution in [0, 0.1) is 13.8 Å². The number of carbonyl (C=O) groups excluding carboxylic acids is 2. The first-order valence-corrected chi connectivity index (χ1v) is 8.37. The molecule has 1 aliphatic rings. The van der Waals surface area contributed by atoms with Gasteiger partial charge in [-0.05, 0) is 35.4 Å². The van der Waals surface area contributed by atoms with Crippen LogP contribution in [0.3, 0.4) is 0 Å². The van der Waals surface area contributed by atoms with Crippen molar-refractivity contribution in [3.05, 3.63) is 29.3 Å². The molecule has 2 amide bonds. The maximum absolute atomic E-state index is 11.6. The summed E-state index contributed by atoms with van der Waals surface area (Å²) >= 11 is 1.44. The quantitative estimate of drug-likeness (QED) is 0.610. The number of hydrogen-bond donors (Lipinski definition) is 0. The third-order valence-electron chi connectivity index (χ3n) is 3.79. The molecule has 1 aliphatic heterocycles. The molecule has 7 nitrogen and oxygen atoms in total. The van der Waals surface area contributed by atoms with Crippen LogP contribution < -0.4 is 0 Å². The highest BCUT2D eigenvalue weighted by Crippen LogP contribution is 2.24. The van der Waals surface area contributed by atoms with E-state index in [1.54, 1.807) is 4.68 Å². The number of likely N-dealkylation sites (tertiary alicyclic amines) is 1. The van der Waals surface area contributed by atoms with E-state index in [0.29, 0.717) is 30.3 Å². The van der Waals surface area contributed by atoms with Crippen molar-refractivity contribution in [3.8, 4) is 5.69 Å². The highest BCUT2D eigenvalue weighted by molar-refractivity contribution is 7.99. The first-order valence-electron chi connectivity index (χ1n) is 7.39. The summed E-state index contributed by atoms with van der Waals surface area (Å²) in [6, 6.07) is 6.02. The summed E-state index contributed by atoms with van der Waals surface area (Å²) in [4.78, 5) is 24.5. The zero-order chi connectivity index (χ0) is 16.4. The molecule has 23 heavy (non-hydrogen) atoms. The molecule has 0 N–H and O–H groups in total. The SMILES string of the molecule is Cc1cccc(C)c1-n1nnnc1SCCN1C(=O)CCC1=O. The molecular weight excluding hydrogens is 314 g/mol. The molecule has 1 saturated heterocycles. The van der Waals surface area contributed by atoms with E-state index in [1.807, 2.05) is 32.0 Å². The lowest BCUT2D eigenvalue weighted by molar-refractivity contribution is -0.137. The maximum Gasteiger partial charge on any atom is 0.229 e. The van der Waals surface area contributed by atoms with Gasteiger partial charge in [0.2, 0.25) is 17.0 Å². The van der Waals surface area contributed by atoms with Crippen LogP contribution in [0.5, 0.6) is 0 Å². The van der Waals surface area contributed by atoms with Crippen LogP contribution in [-0.4, -0.2) is 49.2 Å². The molecule has 0 atom stereocenters. The number of amides is 2. The third kappa shape index (κ3) is 3.12. The Labute approximate surface area is 138 Å². The maximum atomic E-state index is 11.6. The molecule has 0 bridgehead atoms. The molecule has 120 valence electrons. The van der Waals surface area contributed by atoms with Gasteiger partial charge in [-0.25, -0.2) is 0 Å². The van der Waals surface area contributed by atoms with Crippen LogP contribution in [0.1, 0.15) is 24.0 Å². The molecule has 0 aliphatic carbocycles. The van der Waals surface area contributed by atoms with Crippen molar-refractivity contribution < 1.29 is 9.59 Å². The van der Waals surface area contributed by atoms with Crippen molar-refractivity contribution in [2.24, 2.45) is 0 Å². The van der Waals surface area contributed by atoms with Crippen LogP contribution in [0.4, 0.5) is 0 Å². The number of aromatic nitrogens is 4. The number of nitrogens with zero attached hydrogens (tertiary/aromatic N) is 5. The number of rotatable bonds is 5. The molecule has 1 aromatic heterocycles. The summed E-state index contributed by atoms with van der Waals surface area (Å²) in [5.41, 5.74) is 3.14. The van der Waals surface area contributed by atoms with Crippen molar-refractivity contribution in [1.29, 1.82) is 0 Å². The Balaban J connectivity index is 1.72. The predicted octanol–water partition coefficient (Wildman–Crippen LogP) is 1.52. The van der Waals surface area contributed by atoms with E-state index in [1.165, 1.54) is 16.7 Å². The monoisotopic (exact) mass is 331 g/mol. The lowest BCUT2D eigenvalue weighted by atomic mass is 10.1. The van der Waals surface area contributed by atoms with Crippen LogP contribution >= 0.6 is 11.8 Å². The van der Waals surface area contributed by atoms with E-state index in [-0.39, 0.29) is 11.8 Å². The first kappa shape index (κ1) is 15.7. The standard InChI is InChI=1S/C15H17N5O2S/c1-10-4-3-5-11(2)14(10)20-15(16-17-18-20)23-9-8-19-12(21)6-7-13(19)22/h3-5H,6-9H2,1-2H3. The van der Waals surface area contributed by atoms with Crippen LogP contribution in [0.2, 0.25) is 0 Å². The van der Waals surface area contributed by atoms with Crippen molar-refractivity contribution >= 4 is 23.6 Å². The van der Waals surface area contributed by atoms with Gasteiger partial charge in [-0.2, -0.15) is 4.68 Å². The fourth-order valence-corrected chi connectivity index (χ4v) is 3.45. The fraction of sp³-hybridized carbons (Fsp3) is 0.400. The highest BCUT2D eigenvalue weighted by Gasteiger charge is 2.28. The van der Waals surface area contributed by atoms with Gasteiger partial charge < -0.3 is 0 Å². The van der Waals surface area contributed by atoms with Gasteiger partial charge in [-0.15, -0.1) is 5.10 Å². The zero-order valence-electron chi connectivity index (χ0n) is 13.0. The first-order chi connectivity index (χ1) is 11.1. The van der Waals surface area contributed by atoms with Gasteiger partial charge in [0.15, 0.2) is 0 Å². The summed E-state index contributed by atoms with van der Waals surface area (Å²) in [7, 11) is 0. The number of carbonyl (C=O) groups is 2. The Morgan fingerprint density at radius 3 is 2.43 bits per heavy atom. The van der Waals surface area contributed by atoms with Crippen LogP contribution in [0.25, 0.3) is 5.69 Å². The number of tetrazole rings is 1. The second-order valence-electron chi connectivity index (χ2n) is 5.40. The van der Waals surface area contributed by atoms with E-state index in [0.717, 1.165) is 16.8 Å². The Kier molecular flexibility index (Phi) is 4.42. The van der Waals surface area contributed by atoms with Gasteiger partial charge in [-0.1, -0.05) is 30.0 Å². The summed E-state index contributed by atoms with van der Waals surface area (Å²) in [6.07, 6.45) is 0.646. The second kappa shape index (κ2) is 6.49. The molecular formula is C15H17N5O2S. The number of imide groups is 1. The van der Waals surface area contributed by atoms with Crippen molar-refractivity contribution in [2.75, 3.05) is 12.3 Å². The number of benzene rings is 1. The van der Waals surface area contributed by atoms with Gasteiger partial charge in [0.05, 0.1) is 5.69 Å². The van der Waals surface area contributed by atoms with E-state index >= 15 is 0 Å². The van der Waals surface area contributed by atoms with Crippen molar-refractivity contribution in [1.82, 2.24) is 25.1 Å². The van der Waals surface area contributed by atoms with Crippen molar-refractivity contribution in [3.63, 3.8) is 0 Å². The highest BCUT2D eigenvalue weighted by atomic mass is 32.2. The largest absolute Gasteiger partial charge is 0.282 e. The Hall–Kier alpha value is -2.22. The minimum absolute atomic E-state index is 0.0926. The van der Waals surface area contributed by atoms with E-state index in [2.05, 4.69) is 15.5 Å². The predicted molar refractivity (Wildman–Crippen MR) is 85.3 cm³/mol. The van der Waals surface area contributed by atoms with E-state index in [9.17, 15) is 9.59 Å². The van der Waals surface area contributed by atoms with Gasteiger partial charge in [0.25, 0.3) is 0 Å². The minimum atomic E-state index is -0.0926. The van der Waals surface area contributed by atoms with Crippen LogP contribution in [0.15, 0.2) is 23.4 Å². The Morgan fingerprint density at radius 1 is 1.13 bits per heavy atom. The number of para-hydroxylation sites is 1. The lowest BCUT2D eigenvalue weighted by Gasteiger charge is -2.13. The molecule has 2 aromatic rings. The lowest BCUT2D eigenvalue weighted by Crippen LogP contribution is -2.31. The summed E-state index contributed by atoms with van der Waals surface area (Å²) in [5.74, 6) is 0.387. The molecule has 0 spiro atoms. The molecule has 1 fully saturated rings. The molecule has 0 saturated carbocycles. The number of thioether (sulfide) groups is 1. The molecule has 3 rings (SSSR count). The summed E-state index contributed by atoms with van der Waals surface area (Å²) in [5, 5.41) is 12.5. The smallest absolute Gasteiger partial charge is 0.229 e. The number of hydrogen-bond acceptors (Lipinski definition) is 6. The van der Waals surface area contributed by atoms with E-state index in [4.69, 9.17) is 0 Å². The fourth-order valence-electron chi connectivity index (χ4n) is 2.65. The zero-order valence-corrected chi connectivity index (χ0v) is 13.8. The molecule has 2 heterocycles. The molecule has 8 heteroatoms. The third-order valence-corrected chi connectivity index (χ3v) is 4.69. The minimum Gasteiger partial charge on any atom is -0.282 e. The molecule has 0 radical (unpaired) electrons. The van der Waals surface area contributed by atoms with E-state index < -0.39 is 0 Å². The normalized spacial score (nSPS) is 14.8.